The van der Waals surface area contributed by atoms with E-state index >= 15 is 0 Å². The van der Waals surface area contributed by atoms with Gasteiger partial charge >= 0.3 is 12.1 Å². The zero-order valence-electron chi connectivity index (χ0n) is 11.8. The van der Waals surface area contributed by atoms with Crippen LogP contribution in [0.25, 0.3) is 0 Å². The first-order chi connectivity index (χ1) is 8.23. The maximum atomic E-state index is 11.6. The lowest BCUT2D eigenvalue weighted by Gasteiger charge is -2.42. The van der Waals surface area contributed by atoms with Gasteiger partial charge in [-0.1, -0.05) is 13.8 Å². The highest BCUT2D eigenvalue weighted by Gasteiger charge is 2.42. The highest BCUT2D eigenvalue weighted by atomic mass is 16.6. The molecule has 3 atom stereocenters. The van der Waals surface area contributed by atoms with Crippen LogP contribution in [0, 0.1) is 5.92 Å². The van der Waals surface area contributed by atoms with Crippen molar-refractivity contribution >= 4 is 12.1 Å². The van der Waals surface area contributed by atoms with E-state index in [0.717, 1.165) is 6.42 Å². The van der Waals surface area contributed by atoms with Crippen LogP contribution in [0.4, 0.5) is 4.79 Å². The third kappa shape index (κ3) is 4.20. The zero-order chi connectivity index (χ0) is 13.9. The van der Waals surface area contributed by atoms with E-state index in [1.807, 2.05) is 27.7 Å². The molecule has 0 aromatic rings. The van der Waals surface area contributed by atoms with E-state index < -0.39 is 11.7 Å². The average Bonchev–Trinajstić information content (AvgIpc) is 2.23. The molecule has 0 spiro atoms. The first kappa shape index (κ1) is 14.8. The summed E-state index contributed by atoms with van der Waals surface area (Å²) in [6, 6.07) is -0.143. The van der Waals surface area contributed by atoms with E-state index in [0.29, 0.717) is 12.3 Å². The van der Waals surface area contributed by atoms with Crippen LogP contribution in [0.3, 0.4) is 0 Å². The molecule has 104 valence electrons. The Balaban J connectivity index is 2.44. The molecule has 0 aliphatic heterocycles. The maximum Gasteiger partial charge on any atom is 0.408 e. The summed E-state index contributed by atoms with van der Waals surface area (Å²) in [4.78, 5) is 22.9. The first-order valence-electron chi connectivity index (χ1n) is 6.42. The van der Waals surface area contributed by atoms with Gasteiger partial charge in [-0.2, -0.15) is 0 Å². The van der Waals surface area contributed by atoms with E-state index in [9.17, 15) is 9.59 Å². The SMILES string of the molecule is CCC(=O)OC1CC(C)[C@H]1NC(=O)OC(C)(C)C. The molecule has 1 saturated carbocycles. The number of alkyl carbamates (subject to hydrolysis) is 1. The Bertz CT molecular complexity index is 321. The number of carbonyl (C=O) groups is 2. The van der Waals surface area contributed by atoms with Gasteiger partial charge in [0.1, 0.15) is 11.7 Å². The summed E-state index contributed by atoms with van der Waals surface area (Å²) < 4.78 is 10.4. The normalized spacial score (nSPS) is 27.1. The molecule has 18 heavy (non-hydrogen) atoms. The van der Waals surface area contributed by atoms with E-state index in [4.69, 9.17) is 9.47 Å². The van der Waals surface area contributed by atoms with Crippen LogP contribution in [0.2, 0.25) is 0 Å². The molecule has 1 aliphatic rings. The van der Waals surface area contributed by atoms with Crippen molar-refractivity contribution in [2.75, 3.05) is 0 Å². The van der Waals surface area contributed by atoms with Crippen molar-refractivity contribution in [1.29, 1.82) is 0 Å². The monoisotopic (exact) mass is 257 g/mol. The summed E-state index contributed by atoms with van der Waals surface area (Å²) in [5.41, 5.74) is -0.521. The van der Waals surface area contributed by atoms with Crippen molar-refractivity contribution in [2.45, 2.75) is 65.2 Å². The van der Waals surface area contributed by atoms with Gasteiger partial charge in [-0.05, 0) is 33.1 Å². The molecule has 1 rings (SSSR count). The second-order valence-corrected chi connectivity index (χ2v) is 5.77. The average molecular weight is 257 g/mol. The van der Waals surface area contributed by atoms with Crippen LogP contribution in [0.1, 0.15) is 47.5 Å². The predicted octanol–water partition coefficient (Wildman–Crippen LogP) is 2.24. The fraction of sp³-hybridized carbons (Fsp3) is 0.846. The predicted molar refractivity (Wildman–Crippen MR) is 67.1 cm³/mol. The molecule has 1 N–H and O–H groups in total. The largest absolute Gasteiger partial charge is 0.460 e. The lowest BCUT2D eigenvalue weighted by Crippen LogP contribution is -2.58. The van der Waals surface area contributed by atoms with Gasteiger partial charge in [-0.15, -0.1) is 0 Å². The van der Waals surface area contributed by atoms with E-state index in [1.54, 1.807) is 6.92 Å². The molecule has 0 aromatic carbocycles. The Morgan fingerprint density at radius 1 is 1.33 bits per heavy atom. The molecule has 2 unspecified atom stereocenters. The van der Waals surface area contributed by atoms with Crippen LogP contribution in [0.5, 0.6) is 0 Å². The van der Waals surface area contributed by atoms with Crippen molar-refractivity contribution in [1.82, 2.24) is 5.32 Å². The summed E-state index contributed by atoms with van der Waals surface area (Å²) in [5, 5.41) is 2.76. The van der Waals surface area contributed by atoms with Gasteiger partial charge in [0, 0.05) is 6.42 Å². The van der Waals surface area contributed by atoms with Gasteiger partial charge in [0.25, 0.3) is 0 Å². The molecular formula is C13H23NO4. The third-order valence-electron chi connectivity index (χ3n) is 2.87. The minimum Gasteiger partial charge on any atom is -0.460 e. The number of hydrogen-bond acceptors (Lipinski definition) is 4. The Morgan fingerprint density at radius 3 is 2.39 bits per heavy atom. The van der Waals surface area contributed by atoms with Gasteiger partial charge in [-0.3, -0.25) is 4.79 Å². The van der Waals surface area contributed by atoms with Gasteiger partial charge in [0.2, 0.25) is 0 Å². The molecule has 1 amide bonds. The molecule has 0 saturated heterocycles. The lowest BCUT2D eigenvalue weighted by molar-refractivity contribution is -0.158. The summed E-state index contributed by atoms with van der Waals surface area (Å²) in [7, 11) is 0. The zero-order valence-corrected chi connectivity index (χ0v) is 11.8. The number of amides is 1. The maximum absolute atomic E-state index is 11.6. The fourth-order valence-electron chi connectivity index (χ4n) is 1.88. The van der Waals surface area contributed by atoms with Crippen molar-refractivity contribution in [3.63, 3.8) is 0 Å². The number of carbonyl (C=O) groups excluding carboxylic acids is 2. The summed E-state index contributed by atoms with van der Waals surface area (Å²) in [6.07, 6.45) is 0.451. The van der Waals surface area contributed by atoms with Crippen LogP contribution < -0.4 is 5.32 Å². The van der Waals surface area contributed by atoms with Crippen molar-refractivity contribution in [3.8, 4) is 0 Å². The van der Waals surface area contributed by atoms with E-state index in [2.05, 4.69) is 5.32 Å². The minimum absolute atomic E-state index is 0.143. The third-order valence-corrected chi connectivity index (χ3v) is 2.87. The Labute approximate surface area is 108 Å². The van der Waals surface area contributed by atoms with Gasteiger partial charge in [0.15, 0.2) is 0 Å². The topological polar surface area (TPSA) is 64.6 Å². The Hall–Kier alpha value is -1.26. The Kier molecular flexibility index (Phi) is 4.59. The smallest absolute Gasteiger partial charge is 0.408 e. The molecular weight excluding hydrogens is 234 g/mol. The van der Waals surface area contributed by atoms with Gasteiger partial charge < -0.3 is 14.8 Å². The van der Waals surface area contributed by atoms with Crippen LogP contribution in [-0.2, 0) is 14.3 Å². The van der Waals surface area contributed by atoms with Crippen LogP contribution in [0.15, 0.2) is 0 Å². The highest BCUT2D eigenvalue weighted by Crippen LogP contribution is 2.30. The number of ether oxygens (including phenoxy) is 2. The Morgan fingerprint density at radius 2 is 1.94 bits per heavy atom. The van der Waals surface area contributed by atoms with Crippen molar-refractivity contribution in [3.05, 3.63) is 0 Å². The molecule has 0 heterocycles. The van der Waals surface area contributed by atoms with Gasteiger partial charge in [-0.25, -0.2) is 4.79 Å². The number of nitrogens with one attached hydrogen (secondary N) is 1. The first-order valence-corrected chi connectivity index (χ1v) is 6.42. The van der Waals surface area contributed by atoms with Crippen molar-refractivity contribution in [2.24, 2.45) is 5.92 Å². The van der Waals surface area contributed by atoms with E-state index in [1.165, 1.54) is 0 Å². The summed E-state index contributed by atoms with van der Waals surface area (Å²) in [5.74, 6) is 0.0649. The molecule has 1 fully saturated rings. The van der Waals surface area contributed by atoms with Crippen LogP contribution >= 0.6 is 0 Å². The number of hydrogen-bond donors (Lipinski definition) is 1. The fourth-order valence-corrected chi connectivity index (χ4v) is 1.88. The molecule has 0 bridgehead atoms. The molecule has 0 radical (unpaired) electrons. The number of esters is 1. The standard InChI is InChI=1S/C13H23NO4/c1-6-10(15)17-9-7-8(2)11(9)14-12(16)18-13(3,4)5/h8-9,11H,6-7H2,1-5H3,(H,14,16)/t8?,9?,11-/m1/s1. The van der Waals surface area contributed by atoms with Crippen molar-refractivity contribution < 1.29 is 19.1 Å². The molecule has 5 nitrogen and oxygen atoms in total. The lowest BCUT2D eigenvalue weighted by atomic mass is 9.78. The quantitative estimate of drug-likeness (QED) is 0.787. The summed E-state index contributed by atoms with van der Waals surface area (Å²) >= 11 is 0. The van der Waals surface area contributed by atoms with Crippen LogP contribution in [-0.4, -0.2) is 29.8 Å². The number of rotatable bonds is 3. The second-order valence-electron chi connectivity index (χ2n) is 5.77. The molecule has 0 aromatic heterocycles. The molecule has 1 aliphatic carbocycles. The summed E-state index contributed by atoms with van der Waals surface area (Å²) in [6.45, 7) is 9.20. The van der Waals surface area contributed by atoms with Gasteiger partial charge in [0.05, 0.1) is 6.04 Å². The molecule has 5 heteroatoms. The minimum atomic E-state index is -0.521. The van der Waals surface area contributed by atoms with E-state index in [-0.39, 0.29) is 18.1 Å². The highest BCUT2D eigenvalue weighted by molar-refractivity contribution is 5.70. The second kappa shape index (κ2) is 5.59.